The van der Waals surface area contributed by atoms with E-state index in [0.29, 0.717) is 0 Å². The second-order valence-electron chi connectivity index (χ2n) is 27.2. The Bertz CT molecular complexity index is 3750. The first kappa shape index (κ1) is 73.9. The van der Waals surface area contributed by atoms with E-state index >= 15 is 0 Å². The standard InChI is InChI=1S/C81H76O24/c1-77(41-94-69(95-42-77)57-17-9-5-10-18-57)73(86)102-61-33-25-53(26-34-61)65(82)90-49-81(50-91-66(83)54-27-35-62(36-28-54)103-74(87)78(2)43-96-70(97-44-78)58-19-11-6-12-20-58,51-92-67(84)55-29-37-63(38-30-55)104-75(88)79(3)45-98-71(99-46-79)59-21-13-7-14-22-59)52-93-68(85)56-31-39-64(40-32-56)105-76(89)80(4)47-100-72(101-48-80)60-23-15-8-16-24-60/h5-40,69-72H,41-52H2,1-4H3. The fourth-order valence-electron chi connectivity index (χ4n) is 11.1. The number of carbonyl (C=O) groups excluding carboxylic acids is 8. The summed E-state index contributed by atoms with van der Waals surface area (Å²) in [7, 11) is 0. The van der Waals surface area contributed by atoms with Crippen molar-refractivity contribution < 1.29 is 114 Å². The van der Waals surface area contributed by atoms with Crippen molar-refractivity contribution in [2.45, 2.75) is 52.9 Å². The van der Waals surface area contributed by atoms with E-state index in [0.717, 1.165) is 22.3 Å². The molecule has 0 amide bonds. The quantitative estimate of drug-likeness (QED) is 0.0308. The maximum absolute atomic E-state index is 14.2. The molecule has 0 N–H and O–H groups in total. The summed E-state index contributed by atoms with van der Waals surface area (Å²) in [5, 5.41) is 0. The SMILES string of the molecule is CC1(C(=O)Oc2ccc(C(=O)OCC(COC(=O)c3ccc(OC(=O)C4(C)COC(c5ccccc5)OC4)cc3)(COC(=O)c3ccc(OC(=O)C4(C)COC(c5ccccc5)OC4)cc3)COC(=O)c3ccc(OC(=O)C4(C)COC(c5ccccc5)OC4)cc3)cc2)COC(c2ccccc2)OC1. The first-order valence-electron chi connectivity index (χ1n) is 33.8. The van der Waals surface area contributed by atoms with E-state index in [1.165, 1.54) is 97.1 Å². The predicted molar refractivity (Wildman–Crippen MR) is 369 cm³/mol. The topological polar surface area (TPSA) is 284 Å². The van der Waals surface area contributed by atoms with Crippen molar-refractivity contribution >= 4 is 47.8 Å². The third-order valence-corrected chi connectivity index (χ3v) is 17.9. The molecule has 4 fully saturated rings. The zero-order valence-corrected chi connectivity index (χ0v) is 57.9. The molecule has 0 saturated carbocycles. The van der Waals surface area contributed by atoms with E-state index in [1.807, 2.05) is 121 Å². The van der Waals surface area contributed by atoms with E-state index in [4.69, 9.17) is 75.8 Å². The highest BCUT2D eigenvalue weighted by molar-refractivity contribution is 5.92. The Hall–Kier alpha value is -10.8. The minimum atomic E-state index is -1.93. The third kappa shape index (κ3) is 18.4. The second-order valence-corrected chi connectivity index (χ2v) is 27.2. The van der Waals surface area contributed by atoms with Crippen LogP contribution in [0.3, 0.4) is 0 Å². The highest BCUT2D eigenvalue weighted by Gasteiger charge is 2.46. The molecule has 12 rings (SSSR count). The van der Waals surface area contributed by atoms with E-state index < -0.39 is 126 Å². The molecule has 4 aliphatic heterocycles. The van der Waals surface area contributed by atoms with Gasteiger partial charge in [-0.1, -0.05) is 121 Å². The summed E-state index contributed by atoms with van der Waals surface area (Å²) < 4.78 is 94.1. The summed E-state index contributed by atoms with van der Waals surface area (Å²) in [6, 6.07) is 58.7. The number of benzene rings is 8. The van der Waals surface area contributed by atoms with Crippen LogP contribution < -0.4 is 18.9 Å². The lowest BCUT2D eigenvalue weighted by atomic mass is 9.92. The lowest BCUT2D eigenvalue weighted by Crippen LogP contribution is -2.44. The molecule has 8 aromatic carbocycles. The molecule has 4 saturated heterocycles. The van der Waals surface area contributed by atoms with Gasteiger partial charge in [0, 0.05) is 22.3 Å². The Morgan fingerprint density at radius 3 is 0.619 bits per heavy atom. The Labute approximate surface area is 604 Å². The van der Waals surface area contributed by atoms with Gasteiger partial charge < -0.3 is 75.8 Å². The van der Waals surface area contributed by atoms with E-state index in [1.54, 1.807) is 27.7 Å². The molecule has 544 valence electrons. The van der Waals surface area contributed by atoms with E-state index in [2.05, 4.69) is 0 Å². The molecule has 4 aliphatic rings. The molecule has 0 bridgehead atoms. The highest BCUT2D eigenvalue weighted by atomic mass is 16.7. The molecule has 24 nitrogen and oxygen atoms in total. The first-order chi connectivity index (χ1) is 50.6. The van der Waals surface area contributed by atoms with Crippen LogP contribution in [0.4, 0.5) is 0 Å². The molecule has 0 atom stereocenters. The van der Waals surface area contributed by atoms with Gasteiger partial charge in [0.05, 0.1) is 75.1 Å². The van der Waals surface area contributed by atoms with Crippen LogP contribution in [0.15, 0.2) is 218 Å². The van der Waals surface area contributed by atoms with E-state index in [-0.39, 0.29) is 98.1 Å². The number of hydrogen-bond donors (Lipinski definition) is 0. The lowest BCUT2D eigenvalue weighted by Gasteiger charge is -2.35. The number of hydrogen-bond acceptors (Lipinski definition) is 24. The van der Waals surface area contributed by atoms with Gasteiger partial charge in [0.25, 0.3) is 0 Å². The minimum absolute atomic E-state index is 0.0103. The van der Waals surface area contributed by atoms with Gasteiger partial charge >= 0.3 is 47.8 Å². The maximum Gasteiger partial charge on any atom is 0.338 e. The van der Waals surface area contributed by atoms with Gasteiger partial charge in [-0.05, 0) is 125 Å². The summed E-state index contributed by atoms with van der Waals surface area (Å²) >= 11 is 0. The average Bonchev–Trinajstić information content (AvgIpc) is 0.798. The van der Waals surface area contributed by atoms with Crippen molar-refractivity contribution in [3.8, 4) is 23.0 Å². The van der Waals surface area contributed by atoms with Gasteiger partial charge in [-0.2, -0.15) is 0 Å². The first-order valence-corrected chi connectivity index (χ1v) is 33.8. The van der Waals surface area contributed by atoms with Crippen molar-refractivity contribution in [3.63, 3.8) is 0 Å². The molecule has 0 spiro atoms. The number of ether oxygens (including phenoxy) is 16. The predicted octanol–water partition coefficient (Wildman–Crippen LogP) is 12.0. The van der Waals surface area contributed by atoms with Crippen LogP contribution in [0.1, 0.15) is 117 Å². The van der Waals surface area contributed by atoms with Crippen LogP contribution >= 0.6 is 0 Å². The number of carbonyl (C=O) groups is 8. The lowest BCUT2D eigenvalue weighted by molar-refractivity contribution is -0.233. The minimum Gasteiger partial charge on any atom is -0.461 e. The summed E-state index contributed by atoms with van der Waals surface area (Å²) in [6.45, 7) is 3.46. The molecule has 4 heterocycles. The molecular formula is C81H76O24. The zero-order chi connectivity index (χ0) is 73.6. The molecule has 24 heteroatoms. The number of esters is 8. The monoisotopic (exact) mass is 1430 g/mol. The van der Waals surface area contributed by atoms with Crippen LogP contribution in [0.2, 0.25) is 0 Å². The van der Waals surface area contributed by atoms with Crippen LogP contribution in [-0.2, 0) is 76.0 Å². The molecule has 0 aliphatic carbocycles. The van der Waals surface area contributed by atoms with Crippen molar-refractivity contribution in [3.05, 3.63) is 263 Å². The Kier molecular flexibility index (Phi) is 23.2. The van der Waals surface area contributed by atoms with Crippen LogP contribution in [0.25, 0.3) is 0 Å². The van der Waals surface area contributed by atoms with Crippen LogP contribution in [-0.4, -0.2) is 127 Å². The molecule has 0 aromatic heterocycles. The van der Waals surface area contributed by atoms with Gasteiger partial charge in [-0.3, -0.25) is 19.2 Å². The molecule has 8 aromatic rings. The van der Waals surface area contributed by atoms with Crippen molar-refractivity contribution in [1.82, 2.24) is 0 Å². The Morgan fingerprint density at radius 2 is 0.448 bits per heavy atom. The summed E-state index contributed by atoms with van der Waals surface area (Å²) in [5.41, 5.74) is -3.73. The highest BCUT2D eigenvalue weighted by Crippen LogP contribution is 2.38. The van der Waals surface area contributed by atoms with Gasteiger partial charge in [0.2, 0.25) is 0 Å². The average molecular weight is 1430 g/mol. The Balaban J connectivity index is 0.755. The normalized spacial score (nSPS) is 23.5. The zero-order valence-electron chi connectivity index (χ0n) is 57.9. The molecular weight excluding hydrogens is 1360 g/mol. The van der Waals surface area contributed by atoms with Crippen LogP contribution in [0, 0.1) is 27.1 Å². The van der Waals surface area contributed by atoms with Crippen molar-refractivity contribution in [2.24, 2.45) is 27.1 Å². The third-order valence-electron chi connectivity index (χ3n) is 17.9. The van der Waals surface area contributed by atoms with Crippen LogP contribution in [0.5, 0.6) is 23.0 Å². The largest absolute Gasteiger partial charge is 0.461 e. The molecule has 0 unspecified atom stereocenters. The smallest absolute Gasteiger partial charge is 0.338 e. The van der Waals surface area contributed by atoms with Crippen molar-refractivity contribution in [2.75, 3.05) is 79.3 Å². The van der Waals surface area contributed by atoms with Gasteiger partial charge in [-0.15, -0.1) is 0 Å². The van der Waals surface area contributed by atoms with Gasteiger partial charge in [-0.25, -0.2) is 19.2 Å². The number of rotatable bonds is 24. The fraction of sp³-hybridized carbons (Fsp3) is 0.309. The molecule has 0 radical (unpaired) electrons. The fourth-order valence-corrected chi connectivity index (χ4v) is 11.1. The summed E-state index contributed by atoms with van der Waals surface area (Å²) in [5.74, 6) is -6.15. The summed E-state index contributed by atoms with van der Waals surface area (Å²) in [6.07, 6.45) is -2.71. The van der Waals surface area contributed by atoms with Crippen molar-refractivity contribution in [1.29, 1.82) is 0 Å². The second kappa shape index (κ2) is 32.9. The van der Waals surface area contributed by atoms with Gasteiger partial charge in [0.1, 0.15) is 76.5 Å². The Morgan fingerprint density at radius 1 is 0.276 bits per heavy atom. The maximum atomic E-state index is 14.2. The molecule has 105 heavy (non-hydrogen) atoms. The van der Waals surface area contributed by atoms with Gasteiger partial charge in [0.15, 0.2) is 25.2 Å². The summed E-state index contributed by atoms with van der Waals surface area (Å²) in [4.78, 5) is 111. The van der Waals surface area contributed by atoms with E-state index in [9.17, 15) is 38.4 Å².